The highest BCUT2D eigenvalue weighted by Crippen LogP contribution is 2.30. The number of imidazole rings is 1. The smallest absolute Gasteiger partial charge is 0.425 e. The summed E-state index contributed by atoms with van der Waals surface area (Å²) in [6.45, 7) is -0.809. The molecule has 0 spiro atoms. The first-order valence-electron chi connectivity index (χ1n) is 8.23. The monoisotopic (exact) mass is 439 g/mol. The molecule has 162 valence electrons. The summed E-state index contributed by atoms with van der Waals surface area (Å²) in [5.74, 6) is -1.85. The van der Waals surface area contributed by atoms with Gasteiger partial charge in [0, 0.05) is 13.1 Å². The summed E-state index contributed by atoms with van der Waals surface area (Å²) in [5.41, 5.74) is -0.271. The highest BCUT2D eigenvalue weighted by molar-refractivity contribution is 6.05. The molecule has 0 saturated heterocycles. The SMILES string of the molecule is CN1C(=O)[NH+](CCC(F)(F)F)C(=O)c2[nH]c(Oc3cccc(OC(F)(F)F)c3)nc21. The van der Waals surface area contributed by atoms with Crippen LogP contribution in [0.15, 0.2) is 24.3 Å². The summed E-state index contributed by atoms with van der Waals surface area (Å²) >= 11 is 0. The van der Waals surface area contributed by atoms with Gasteiger partial charge in [-0.05, 0) is 12.1 Å². The number of aromatic nitrogens is 2. The third-order valence-corrected chi connectivity index (χ3v) is 3.96. The van der Waals surface area contributed by atoms with E-state index in [0.29, 0.717) is 0 Å². The molecule has 0 bridgehead atoms. The molecule has 14 heteroatoms. The van der Waals surface area contributed by atoms with Gasteiger partial charge >= 0.3 is 30.5 Å². The lowest BCUT2D eigenvalue weighted by atomic mass is 10.2. The molecule has 2 heterocycles. The number of urea groups is 1. The van der Waals surface area contributed by atoms with Gasteiger partial charge in [0.05, 0.1) is 6.42 Å². The van der Waals surface area contributed by atoms with Crippen LogP contribution in [0.2, 0.25) is 0 Å². The van der Waals surface area contributed by atoms with Gasteiger partial charge in [-0.25, -0.2) is 14.5 Å². The number of carbonyl (C=O) groups is 2. The molecule has 0 radical (unpaired) electrons. The molecular formula is C16H13F6N4O4+. The molecule has 2 N–H and O–H groups in total. The fraction of sp³-hybridized carbons (Fsp3) is 0.312. The third-order valence-electron chi connectivity index (χ3n) is 3.96. The van der Waals surface area contributed by atoms with Gasteiger partial charge in [0.1, 0.15) is 18.0 Å². The standard InChI is InChI=1S/C16H12F6N4O4/c1-25-11-10(12(27)26(14(25)28)6-5-15(17,18)19)23-13(24-11)29-8-3-2-4-9(7-8)30-16(20,21)22/h2-4,7H,5-6H2,1H3,(H,23,24)/p+1. The van der Waals surface area contributed by atoms with Gasteiger partial charge < -0.3 is 9.47 Å². The summed E-state index contributed by atoms with van der Waals surface area (Å²) in [5, 5.41) is 0. The van der Waals surface area contributed by atoms with Crippen LogP contribution >= 0.6 is 0 Å². The topological polar surface area (TPSA) is 89.0 Å². The van der Waals surface area contributed by atoms with Crippen LogP contribution in [0.1, 0.15) is 16.9 Å². The number of benzene rings is 1. The first kappa shape index (κ1) is 21.4. The third kappa shape index (κ3) is 4.82. The lowest BCUT2D eigenvalue weighted by molar-refractivity contribution is -0.726. The van der Waals surface area contributed by atoms with Crippen molar-refractivity contribution >= 4 is 17.8 Å². The zero-order valence-electron chi connectivity index (χ0n) is 15.0. The number of rotatable bonds is 5. The maximum atomic E-state index is 12.5. The highest BCUT2D eigenvalue weighted by Gasteiger charge is 2.45. The van der Waals surface area contributed by atoms with Crippen molar-refractivity contribution in [2.45, 2.75) is 19.0 Å². The predicted octanol–water partition coefficient (Wildman–Crippen LogP) is 2.65. The second-order valence-electron chi connectivity index (χ2n) is 6.15. The Morgan fingerprint density at radius 2 is 1.80 bits per heavy atom. The van der Waals surface area contributed by atoms with Crippen LogP contribution in [0.5, 0.6) is 17.5 Å². The maximum Gasteiger partial charge on any atom is 0.573 e. The largest absolute Gasteiger partial charge is 0.573 e. The minimum Gasteiger partial charge on any atom is -0.425 e. The second-order valence-corrected chi connectivity index (χ2v) is 6.15. The van der Waals surface area contributed by atoms with Crippen LogP contribution < -0.4 is 19.3 Å². The van der Waals surface area contributed by atoms with E-state index < -0.39 is 48.1 Å². The maximum absolute atomic E-state index is 12.5. The molecule has 3 amide bonds. The van der Waals surface area contributed by atoms with Crippen molar-refractivity contribution in [1.29, 1.82) is 0 Å². The molecule has 1 atom stereocenters. The Kier molecular flexibility index (Phi) is 5.36. The molecule has 2 aromatic rings. The van der Waals surface area contributed by atoms with Gasteiger partial charge in [-0.3, -0.25) is 4.98 Å². The number of imide groups is 1. The Hall–Kier alpha value is -3.29. The number of nitrogens with one attached hydrogen (secondary N) is 2. The summed E-state index contributed by atoms with van der Waals surface area (Å²) in [6, 6.07) is 3.15. The van der Waals surface area contributed by atoms with Gasteiger partial charge in [-0.1, -0.05) is 6.07 Å². The number of nitrogens with zero attached hydrogens (tertiary/aromatic N) is 2. The van der Waals surface area contributed by atoms with E-state index in [0.717, 1.165) is 17.0 Å². The Morgan fingerprint density at radius 3 is 2.43 bits per heavy atom. The number of H-pyrrole nitrogens is 1. The molecule has 0 saturated carbocycles. The van der Waals surface area contributed by atoms with E-state index in [1.165, 1.54) is 19.2 Å². The summed E-state index contributed by atoms with van der Waals surface area (Å²) < 4.78 is 83.4. The number of aromatic amines is 1. The Labute approximate surface area is 164 Å². The number of fused-ring (bicyclic) bond motifs is 1. The molecule has 8 nitrogen and oxygen atoms in total. The van der Waals surface area contributed by atoms with Crippen LogP contribution in [0, 0.1) is 0 Å². The van der Waals surface area contributed by atoms with E-state index in [9.17, 15) is 35.9 Å². The predicted molar refractivity (Wildman–Crippen MR) is 86.4 cm³/mol. The molecule has 1 aromatic carbocycles. The fourth-order valence-electron chi connectivity index (χ4n) is 2.67. The van der Waals surface area contributed by atoms with Crippen LogP contribution in [-0.4, -0.2) is 48.0 Å². The van der Waals surface area contributed by atoms with Gasteiger partial charge in [0.15, 0.2) is 11.5 Å². The molecule has 1 unspecified atom stereocenters. The minimum atomic E-state index is -4.92. The second kappa shape index (κ2) is 7.51. The van der Waals surface area contributed by atoms with Crippen LogP contribution in [-0.2, 0) is 0 Å². The van der Waals surface area contributed by atoms with Crippen molar-refractivity contribution < 1.29 is 50.3 Å². The number of halogens is 6. The summed E-state index contributed by atoms with van der Waals surface area (Å²) in [6.07, 6.45) is -10.8. The average Bonchev–Trinajstić information content (AvgIpc) is 3.02. The van der Waals surface area contributed by atoms with Crippen molar-refractivity contribution in [3.05, 3.63) is 30.0 Å². The Bertz CT molecular complexity index is 971. The molecule has 3 rings (SSSR count). The molecule has 1 aliphatic rings. The highest BCUT2D eigenvalue weighted by atomic mass is 19.4. The summed E-state index contributed by atoms with van der Waals surface area (Å²) in [4.78, 5) is 31.3. The van der Waals surface area contributed by atoms with Crippen molar-refractivity contribution in [1.82, 2.24) is 9.97 Å². The van der Waals surface area contributed by atoms with E-state index in [-0.39, 0.29) is 23.3 Å². The van der Waals surface area contributed by atoms with E-state index in [1.807, 2.05) is 0 Å². The number of anilines is 1. The van der Waals surface area contributed by atoms with E-state index in [4.69, 9.17) is 4.74 Å². The lowest BCUT2D eigenvalue weighted by Gasteiger charge is -2.24. The zero-order chi connectivity index (χ0) is 22.3. The molecule has 30 heavy (non-hydrogen) atoms. The van der Waals surface area contributed by atoms with Crippen LogP contribution in [0.25, 0.3) is 0 Å². The zero-order valence-corrected chi connectivity index (χ0v) is 15.0. The molecule has 0 aliphatic carbocycles. The number of hydrogen-bond donors (Lipinski definition) is 2. The number of carbonyl (C=O) groups excluding carboxylic acids is 2. The van der Waals surface area contributed by atoms with Gasteiger partial charge in [0.25, 0.3) is 0 Å². The van der Waals surface area contributed by atoms with Crippen molar-refractivity contribution in [2.24, 2.45) is 0 Å². The quantitative estimate of drug-likeness (QED) is 0.700. The normalized spacial score (nSPS) is 17.2. The van der Waals surface area contributed by atoms with Gasteiger partial charge in [-0.15, -0.1) is 13.2 Å². The molecule has 1 aliphatic heterocycles. The molecular weight excluding hydrogens is 426 g/mol. The van der Waals surface area contributed by atoms with E-state index >= 15 is 0 Å². The van der Waals surface area contributed by atoms with Gasteiger partial charge in [0.2, 0.25) is 0 Å². The van der Waals surface area contributed by atoms with Crippen molar-refractivity contribution in [3.8, 4) is 17.5 Å². The first-order valence-corrected chi connectivity index (χ1v) is 8.23. The number of ether oxygens (including phenoxy) is 2. The first-order chi connectivity index (χ1) is 13.8. The van der Waals surface area contributed by atoms with Crippen molar-refractivity contribution in [2.75, 3.05) is 18.5 Å². The van der Waals surface area contributed by atoms with Crippen LogP contribution in [0.4, 0.5) is 37.0 Å². The number of alkyl halides is 6. The van der Waals surface area contributed by atoms with Crippen molar-refractivity contribution in [3.63, 3.8) is 0 Å². The van der Waals surface area contributed by atoms with Crippen LogP contribution in [0.3, 0.4) is 0 Å². The number of quaternary nitrogens is 1. The molecule has 1 aromatic heterocycles. The Morgan fingerprint density at radius 1 is 1.13 bits per heavy atom. The summed E-state index contributed by atoms with van der Waals surface area (Å²) in [7, 11) is 1.21. The van der Waals surface area contributed by atoms with E-state index in [2.05, 4.69) is 14.7 Å². The van der Waals surface area contributed by atoms with E-state index in [1.54, 1.807) is 0 Å². The number of hydrogen-bond acceptors (Lipinski definition) is 5. The van der Waals surface area contributed by atoms with Gasteiger partial charge in [-0.2, -0.15) is 23.1 Å². The lowest BCUT2D eigenvalue weighted by Crippen LogP contribution is -3.19. The fourth-order valence-corrected chi connectivity index (χ4v) is 2.67. The average molecular weight is 439 g/mol. The Balaban J connectivity index is 1.81. The number of amides is 3. The molecule has 0 fully saturated rings. The minimum absolute atomic E-state index is 0.134.